The summed E-state index contributed by atoms with van der Waals surface area (Å²) >= 11 is 6.86. The van der Waals surface area contributed by atoms with Crippen LogP contribution < -0.4 is 11.1 Å². The van der Waals surface area contributed by atoms with Crippen LogP contribution in [-0.4, -0.2) is 9.97 Å². The van der Waals surface area contributed by atoms with Crippen LogP contribution in [0, 0.1) is 13.8 Å². The van der Waals surface area contributed by atoms with E-state index < -0.39 is 0 Å². The largest absolute Gasteiger partial charge is 0.389 e. The zero-order chi connectivity index (χ0) is 14.0. The fraction of sp³-hybridized carbons (Fsp3) is 0.286. The third-order valence-electron chi connectivity index (χ3n) is 2.92. The van der Waals surface area contributed by atoms with Gasteiger partial charge in [0.15, 0.2) is 0 Å². The molecule has 5 heteroatoms. The van der Waals surface area contributed by atoms with Crippen LogP contribution in [0.25, 0.3) is 0 Å². The number of thiophene rings is 1. The lowest BCUT2D eigenvalue weighted by molar-refractivity contribution is 0.903. The Bertz CT molecular complexity index is 591. The van der Waals surface area contributed by atoms with Crippen LogP contribution in [0.4, 0.5) is 5.69 Å². The lowest BCUT2D eigenvalue weighted by atomic mass is 10.1. The maximum Gasteiger partial charge on any atom is 0.107 e. The number of thiocarbonyl (C=S) groups is 1. The fourth-order valence-electron chi connectivity index (χ4n) is 2.10. The number of nitrogens with zero attached hydrogens (tertiary/aromatic N) is 1. The van der Waals surface area contributed by atoms with Crippen LogP contribution in [0.2, 0.25) is 0 Å². The predicted octanol–water partition coefficient (Wildman–Crippen LogP) is 3.57. The molecule has 0 aliphatic heterocycles. The second kappa shape index (κ2) is 5.67. The van der Waals surface area contributed by atoms with Gasteiger partial charge in [-0.3, -0.25) is 4.98 Å². The molecule has 0 aromatic carbocycles. The van der Waals surface area contributed by atoms with Crippen molar-refractivity contribution in [1.29, 1.82) is 0 Å². The van der Waals surface area contributed by atoms with Gasteiger partial charge in [0.2, 0.25) is 0 Å². The zero-order valence-electron chi connectivity index (χ0n) is 11.2. The van der Waals surface area contributed by atoms with Gasteiger partial charge in [0.25, 0.3) is 0 Å². The first-order valence-corrected chi connectivity index (χ1v) is 7.36. The van der Waals surface area contributed by atoms with Crippen LogP contribution in [-0.2, 0) is 0 Å². The van der Waals surface area contributed by atoms with Crippen molar-refractivity contribution in [3.8, 4) is 0 Å². The summed E-state index contributed by atoms with van der Waals surface area (Å²) < 4.78 is 0. The van der Waals surface area contributed by atoms with Gasteiger partial charge >= 0.3 is 0 Å². The molecule has 0 spiro atoms. The second-order valence-electron chi connectivity index (χ2n) is 4.52. The van der Waals surface area contributed by atoms with Crippen molar-refractivity contribution >= 4 is 34.2 Å². The molecule has 0 aliphatic rings. The van der Waals surface area contributed by atoms with Crippen LogP contribution >= 0.6 is 23.6 Å². The van der Waals surface area contributed by atoms with Gasteiger partial charge in [-0.25, -0.2) is 0 Å². The van der Waals surface area contributed by atoms with Crippen molar-refractivity contribution < 1.29 is 0 Å². The molecule has 0 saturated carbocycles. The van der Waals surface area contributed by atoms with E-state index in [2.05, 4.69) is 34.7 Å². The molecule has 0 saturated heterocycles. The lowest BCUT2D eigenvalue weighted by Gasteiger charge is -2.18. The fourth-order valence-corrected chi connectivity index (χ4v) is 3.09. The molecule has 2 aromatic heterocycles. The normalized spacial score (nSPS) is 12.2. The number of aromatic nitrogens is 1. The van der Waals surface area contributed by atoms with Gasteiger partial charge in [0, 0.05) is 22.0 Å². The molecule has 1 unspecified atom stereocenters. The summed E-state index contributed by atoms with van der Waals surface area (Å²) in [5.41, 5.74) is 9.43. The van der Waals surface area contributed by atoms with Crippen molar-refractivity contribution in [2.75, 3.05) is 5.32 Å². The van der Waals surface area contributed by atoms with E-state index in [0.717, 1.165) is 22.6 Å². The topological polar surface area (TPSA) is 50.9 Å². The molecule has 2 rings (SSSR count). The SMILES string of the molecule is Cc1cc(NC(C)c2cccs2)c(C(N)=S)c(C)n1. The molecule has 0 fully saturated rings. The molecule has 3 N–H and O–H groups in total. The second-order valence-corrected chi connectivity index (χ2v) is 5.94. The number of nitrogens with one attached hydrogen (secondary N) is 1. The monoisotopic (exact) mass is 291 g/mol. The van der Waals surface area contributed by atoms with E-state index in [0.29, 0.717) is 4.99 Å². The molecule has 100 valence electrons. The molecule has 0 bridgehead atoms. The molecule has 2 aromatic rings. The minimum Gasteiger partial charge on any atom is -0.389 e. The minimum atomic E-state index is 0.217. The first kappa shape index (κ1) is 14.0. The summed E-state index contributed by atoms with van der Waals surface area (Å²) in [7, 11) is 0. The van der Waals surface area contributed by atoms with Crippen molar-refractivity contribution in [3.63, 3.8) is 0 Å². The Morgan fingerprint density at radius 3 is 2.79 bits per heavy atom. The molecule has 1 atom stereocenters. The van der Waals surface area contributed by atoms with Gasteiger partial charge in [0.05, 0.1) is 11.6 Å². The smallest absolute Gasteiger partial charge is 0.107 e. The van der Waals surface area contributed by atoms with E-state index in [1.807, 2.05) is 19.9 Å². The van der Waals surface area contributed by atoms with E-state index in [9.17, 15) is 0 Å². The number of hydrogen-bond donors (Lipinski definition) is 2. The highest BCUT2D eigenvalue weighted by molar-refractivity contribution is 7.80. The summed E-state index contributed by atoms with van der Waals surface area (Å²) in [4.78, 5) is 6.08. The third kappa shape index (κ3) is 3.11. The van der Waals surface area contributed by atoms with Crippen molar-refractivity contribution in [2.45, 2.75) is 26.8 Å². The number of hydrogen-bond acceptors (Lipinski definition) is 4. The average molecular weight is 291 g/mol. The van der Waals surface area contributed by atoms with E-state index in [1.54, 1.807) is 11.3 Å². The van der Waals surface area contributed by atoms with E-state index in [1.165, 1.54) is 4.88 Å². The zero-order valence-corrected chi connectivity index (χ0v) is 12.9. The minimum absolute atomic E-state index is 0.217. The molecule has 2 heterocycles. The Balaban J connectivity index is 2.36. The Kier molecular flexibility index (Phi) is 4.17. The first-order chi connectivity index (χ1) is 8.99. The quantitative estimate of drug-likeness (QED) is 0.846. The van der Waals surface area contributed by atoms with Crippen LogP contribution in [0.15, 0.2) is 23.6 Å². The maximum absolute atomic E-state index is 5.81. The summed E-state index contributed by atoms with van der Waals surface area (Å²) in [6.07, 6.45) is 0. The predicted molar refractivity (Wildman–Crippen MR) is 86.0 cm³/mol. The highest BCUT2D eigenvalue weighted by Crippen LogP contribution is 2.27. The van der Waals surface area contributed by atoms with Gasteiger partial charge in [-0.1, -0.05) is 18.3 Å². The van der Waals surface area contributed by atoms with Gasteiger partial charge in [-0.2, -0.15) is 0 Å². The van der Waals surface area contributed by atoms with Crippen molar-refractivity contribution in [3.05, 3.63) is 45.4 Å². The third-order valence-corrected chi connectivity index (χ3v) is 4.18. The standard InChI is InChI=1S/C14H17N3S2/c1-8-7-11(13(14(15)18)10(3)16-8)17-9(2)12-5-4-6-19-12/h4-7,9H,1-3H3,(H2,15,18)(H,16,17). The van der Waals surface area contributed by atoms with Crippen molar-refractivity contribution in [2.24, 2.45) is 5.73 Å². The van der Waals surface area contributed by atoms with Gasteiger partial charge < -0.3 is 11.1 Å². The molecule has 0 amide bonds. The summed E-state index contributed by atoms with van der Waals surface area (Å²) in [5.74, 6) is 0. The number of rotatable bonds is 4. The first-order valence-electron chi connectivity index (χ1n) is 6.07. The van der Waals surface area contributed by atoms with E-state index >= 15 is 0 Å². The molecule has 0 aliphatic carbocycles. The average Bonchev–Trinajstić information content (AvgIpc) is 2.80. The molecule has 19 heavy (non-hydrogen) atoms. The molecular weight excluding hydrogens is 274 g/mol. The summed E-state index contributed by atoms with van der Waals surface area (Å²) in [6, 6.07) is 6.37. The number of nitrogens with two attached hydrogens (primary N) is 1. The van der Waals surface area contributed by atoms with Gasteiger partial charge in [-0.15, -0.1) is 11.3 Å². The lowest BCUT2D eigenvalue weighted by Crippen LogP contribution is -2.17. The Hall–Kier alpha value is -1.46. The number of aryl methyl sites for hydroxylation is 2. The Morgan fingerprint density at radius 1 is 1.47 bits per heavy atom. The highest BCUT2D eigenvalue weighted by Gasteiger charge is 2.14. The number of pyridine rings is 1. The number of anilines is 1. The summed E-state index contributed by atoms with van der Waals surface area (Å²) in [6.45, 7) is 6.03. The van der Waals surface area contributed by atoms with Gasteiger partial charge in [0.1, 0.15) is 4.99 Å². The van der Waals surface area contributed by atoms with Crippen LogP contribution in [0.5, 0.6) is 0 Å². The Labute approximate surface area is 122 Å². The molecule has 3 nitrogen and oxygen atoms in total. The molecular formula is C14H17N3S2. The molecule has 0 radical (unpaired) electrons. The maximum atomic E-state index is 5.81. The van der Waals surface area contributed by atoms with Crippen molar-refractivity contribution in [1.82, 2.24) is 4.98 Å². The van der Waals surface area contributed by atoms with Gasteiger partial charge in [-0.05, 0) is 38.3 Å². The van der Waals surface area contributed by atoms with E-state index in [4.69, 9.17) is 18.0 Å². The van der Waals surface area contributed by atoms with Crippen LogP contribution in [0.3, 0.4) is 0 Å². The van der Waals surface area contributed by atoms with E-state index in [-0.39, 0.29) is 6.04 Å². The Morgan fingerprint density at radius 2 is 2.21 bits per heavy atom. The summed E-state index contributed by atoms with van der Waals surface area (Å²) in [5, 5.41) is 5.55. The van der Waals surface area contributed by atoms with Crippen LogP contribution in [0.1, 0.15) is 34.8 Å². The highest BCUT2D eigenvalue weighted by atomic mass is 32.1.